The van der Waals surface area contributed by atoms with Crippen LogP contribution in [0.3, 0.4) is 0 Å². The second-order valence-electron chi connectivity index (χ2n) is 7.31. The first-order chi connectivity index (χ1) is 13.1. The Balaban J connectivity index is 2.19. The van der Waals surface area contributed by atoms with Gasteiger partial charge in [0.2, 0.25) is 10.0 Å². The Morgan fingerprint density at radius 1 is 1.32 bits per heavy atom. The molecule has 1 aromatic carbocycles. The summed E-state index contributed by atoms with van der Waals surface area (Å²) in [4.78, 5) is 21.9. The molecular weight excluding hydrogens is 386 g/mol. The molecule has 0 unspecified atom stereocenters. The predicted molar refractivity (Wildman–Crippen MR) is 105 cm³/mol. The standard InChI is InChI=1S/C18H27N3O6S/c1-13-9-14(2)12-20(11-13)28(25,26)15-6-7-16(17(10-15)21(23)24)19-8-4-5-18(22)27-3/h6-7,10,13-14,19H,4-5,8-9,11-12H2,1-3H3/t13-,14-/m1/s1. The molecule has 1 aliphatic heterocycles. The summed E-state index contributed by atoms with van der Waals surface area (Å²) in [5.41, 5.74) is -0.0913. The molecular formula is C18H27N3O6S. The van der Waals surface area contributed by atoms with E-state index in [1.54, 1.807) is 0 Å². The molecule has 10 heteroatoms. The summed E-state index contributed by atoms with van der Waals surface area (Å²) >= 11 is 0. The zero-order valence-corrected chi connectivity index (χ0v) is 17.2. The molecule has 2 atom stereocenters. The third kappa shape index (κ3) is 5.41. The summed E-state index contributed by atoms with van der Waals surface area (Å²) < 4.78 is 31.9. The number of ether oxygens (including phenoxy) is 1. The molecule has 28 heavy (non-hydrogen) atoms. The second kappa shape index (κ2) is 9.33. The number of anilines is 1. The number of esters is 1. The van der Waals surface area contributed by atoms with E-state index < -0.39 is 14.9 Å². The maximum Gasteiger partial charge on any atom is 0.305 e. The van der Waals surface area contributed by atoms with E-state index in [2.05, 4.69) is 10.1 Å². The summed E-state index contributed by atoms with van der Waals surface area (Å²) in [5.74, 6) is 0.122. The summed E-state index contributed by atoms with van der Waals surface area (Å²) in [6.07, 6.45) is 1.59. The zero-order chi connectivity index (χ0) is 20.9. The highest BCUT2D eigenvalue weighted by Gasteiger charge is 2.33. The molecule has 0 aromatic heterocycles. The van der Waals surface area contributed by atoms with Gasteiger partial charge in [-0.1, -0.05) is 13.8 Å². The van der Waals surface area contributed by atoms with Gasteiger partial charge in [0, 0.05) is 32.1 Å². The van der Waals surface area contributed by atoms with Crippen LogP contribution in [0.15, 0.2) is 23.1 Å². The average molecular weight is 413 g/mol. The van der Waals surface area contributed by atoms with Gasteiger partial charge in [-0.25, -0.2) is 8.42 Å². The minimum Gasteiger partial charge on any atom is -0.469 e. The zero-order valence-electron chi connectivity index (χ0n) is 16.4. The lowest BCUT2D eigenvalue weighted by Gasteiger charge is -2.34. The molecule has 2 rings (SSSR count). The van der Waals surface area contributed by atoms with Gasteiger partial charge in [0.05, 0.1) is 16.9 Å². The predicted octanol–water partition coefficient (Wildman–Crippen LogP) is 2.63. The first-order valence-electron chi connectivity index (χ1n) is 9.24. The fraction of sp³-hybridized carbons (Fsp3) is 0.611. The van der Waals surface area contributed by atoms with Crippen molar-refractivity contribution in [3.05, 3.63) is 28.3 Å². The number of carbonyl (C=O) groups excluding carboxylic acids is 1. The van der Waals surface area contributed by atoms with Crippen LogP contribution in [0.2, 0.25) is 0 Å². The van der Waals surface area contributed by atoms with Crippen LogP contribution < -0.4 is 5.32 Å². The first-order valence-corrected chi connectivity index (χ1v) is 10.7. The topological polar surface area (TPSA) is 119 Å². The number of piperidine rings is 1. The molecule has 1 saturated heterocycles. The van der Waals surface area contributed by atoms with E-state index in [4.69, 9.17) is 0 Å². The molecule has 0 saturated carbocycles. The minimum atomic E-state index is -3.80. The molecule has 1 aromatic rings. The number of methoxy groups -OCH3 is 1. The summed E-state index contributed by atoms with van der Waals surface area (Å²) in [6, 6.07) is 3.89. The molecule has 1 heterocycles. The Kier molecular flexibility index (Phi) is 7.36. The minimum absolute atomic E-state index is 0.0828. The van der Waals surface area contributed by atoms with E-state index >= 15 is 0 Å². The highest BCUT2D eigenvalue weighted by atomic mass is 32.2. The molecule has 1 fully saturated rings. The number of nitro groups is 1. The number of sulfonamides is 1. The number of hydrogen-bond acceptors (Lipinski definition) is 7. The van der Waals surface area contributed by atoms with Gasteiger partial charge < -0.3 is 10.1 Å². The van der Waals surface area contributed by atoms with Crippen molar-refractivity contribution >= 4 is 27.4 Å². The van der Waals surface area contributed by atoms with Crippen molar-refractivity contribution in [3.63, 3.8) is 0 Å². The summed E-state index contributed by atoms with van der Waals surface area (Å²) in [7, 11) is -2.51. The van der Waals surface area contributed by atoms with E-state index in [0.29, 0.717) is 26.1 Å². The molecule has 0 amide bonds. The number of benzene rings is 1. The van der Waals surface area contributed by atoms with Gasteiger partial charge in [0.25, 0.3) is 5.69 Å². The van der Waals surface area contributed by atoms with Crippen LogP contribution in [-0.2, 0) is 19.6 Å². The average Bonchev–Trinajstić information content (AvgIpc) is 2.64. The molecule has 0 bridgehead atoms. The molecule has 1 N–H and O–H groups in total. The van der Waals surface area contributed by atoms with Gasteiger partial charge in [-0.2, -0.15) is 4.31 Å². The van der Waals surface area contributed by atoms with E-state index in [-0.39, 0.29) is 40.5 Å². The van der Waals surface area contributed by atoms with Crippen LogP contribution in [0.25, 0.3) is 0 Å². The van der Waals surface area contributed by atoms with Gasteiger partial charge in [-0.05, 0) is 36.8 Å². The number of nitrogens with zero attached hydrogens (tertiary/aromatic N) is 2. The fourth-order valence-electron chi connectivity index (χ4n) is 3.48. The first kappa shape index (κ1) is 22.1. The molecule has 0 aliphatic carbocycles. The summed E-state index contributed by atoms with van der Waals surface area (Å²) in [5, 5.41) is 14.3. The van der Waals surface area contributed by atoms with Gasteiger partial charge in [0.15, 0.2) is 0 Å². The van der Waals surface area contributed by atoms with E-state index in [1.807, 2.05) is 13.8 Å². The van der Waals surface area contributed by atoms with Gasteiger partial charge in [0.1, 0.15) is 5.69 Å². The number of carbonyl (C=O) groups is 1. The fourth-order valence-corrected chi connectivity index (χ4v) is 5.18. The number of rotatable bonds is 8. The largest absolute Gasteiger partial charge is 0.469 e. The van der Waals surface area contributed by atoms with Crippen LogP contribution in [0.1, 0.15) is 33.1 Å². The molecule has 9 nitrogen and oxygen atoms in total. The Morgan fingerprint density at radius 3 is 2.54 bits per heavy atom. The van der Waals surface area contributed by atoms with Crippen molar-refractivity contribution in [2.24, 2.45) is 11.8 Å². The lowest BCUT2D eigenvalue weighted by Crippen LogP contribution is -2.42. The number of hydrogen-bond donors (Lipinski definition) is 1. The lowest BCUT2D eigenvalue weighted by atomic mass is 9.94. The van der Waals surface area contributed by atoms with Gasteiger partial charge in [-0.3, -0.25) is 14.9 Å². The Labute approximate surface area is 165 Å². The molecule has 156 valence electrons. The van der Waals surface area contributed by atoms with Crippen LogP contribution in [0.5, 0.6) is 0 Å². The van der Waals surface area contributed by atoms with Crippen LogP contribution >= 0.6 is 0 Å². The Hall–Kier alpha value is -2.20. The molecule has 0 radical (unpaired) electrons. The van der Waals surface area contributed by atoms with E-state index in [9.17, 15) is 23.3 Å². The van der Waals surface area contributed by atoms with Crippen molar-refractivity contribution in [2.45, 2.75) is 38.0 Å². The maximum atomic E-state index is 13.0. The molecule has 1 aliphatic rings. The Bertz CT molecular complexity index is 817. The van der Waals surface area contributed by atoms with Crippen molar-refractivity contribution in [2.75, 3.05) is 32.1 Å². The highest BCUT2D eigenvalue weighted by molar-refractivity contribution is 7.89. The third-order valence-corrected chi connectivity index (χ3v) is 6.57. The van der Waals surface area contributed by atoms with Crippen molar-refractivity contribution in [3.8, 4) is 0 Å². The van der Waals surface area contributed by atoms with Crippen LogP contribution in [0.4, 0.5) is 11.4 Å². The maximum absolute atomic E-state index is 13.0. The lowest BCUT2D eigenvalue weighted by molar-refractivity contribution is -0.384. The van der Waals surface area contributed by atoms with Gasteiger partial charge >= 0.3 is 5.97 Å². The SMILES string of the molecule is COC(=O)CCCNc1ccc(S(=O)(=O)N2C[C@H](C)C[C@@H](C)C2)cc1[N+](=O)[O-]. The monoisotopic (exact) mass is 413 g/mol. The number of nitrogens with one attached hydrogen (secondary N) is 1. The Morgan fingerprint density at radius 2 is 1.96 bits per heavy atom. The molecule has 0 spiro atoms. The van der Waals surface area contributed by atoms with Crippen LogP contribution in [0, 0.1) is 22.0 Å². The quantitative estimate of drug-likeness (QED) is 0.301. The third-order valence-electron chi connectivity index (χ3n) is 4.74. The van der Waals surface area contributed by atoms with Gasteiger partial charge in [-0.15, -0.1) is 0 Å². The smallest absolute Gasteiger partial charge is 0.305 e. The van der Waals surface area contributed by atoms with Crippen molar-refractivity contribution in [1.82, 2.24) is 4.31 Å². The van der Waals surface area contributed by atoms with Crippen molar-refractivity contribution < 1.29 is 22.9 Å². The number of nitro benzene ring substituents is 1. The van der Waals surface area contributed by atoms with E-state index in [0.717, 1.165) is 12.5 Å². The van der Waals surface area contributed by atoms with Crippen molar-refractivity contribution in [1.29, 1.82) is 0 Å². The van der Waals surface area contributed by atoms with E-state index in [1.165, 1.54) is 23.5 Å². The van der Waals surface area contributed by atoms with Crippen LogP contribution in [-0.4, -0.2) is 50.4 Å². The normalized spacial score (nSPS) is 20.5. The second-order valence-corrected chi connectivity index (χ2v) is 9.25. The summed E-state index contributed by atoms with van der Waals surface area (Å²) in [6.45, 7) is 5.15. The highest BCUT2D eigenvalue weighted by Crippen LogP contribution is 2.31.